The Balaban J connectivity index is 2.57. The maximum absolute atomic E-state index is 13.3. The fraction of sp³-hybridized carbons (Fsp3) is 0.333. The van der Waals surface area contributed by atoms with Crippen molar-refractivity contribution in [3.63, 3.8) is 0 Å². The Kier molecular flexibility index (Phi) is 5.60. The van der Waals surface area contributed by atoms with Crippen molar-refractivity contribution in [3.8, 4) is 17.6 Å². The first-order chi connectivity index (χ1) is 8.92. The zero-order chi connectivity index (χ0) is 14.3. The molecule has 0 aromatic heterocycles. The fourth-order valence-corrected chi connectivity index (χ4v) is 1.11. The van der Waals surface area contributed by atoms with E-state index in [4.69, 9.17) is 10.5 Å². The summed E-state index contributed by atoms with van der Waals surface area (Å²) in [6.45, 7) is -2.02. The molecule has 1 aromatic rings. The van der Waals surface area contributed by atoms with Crippen LogP contribution in [0.15, 0.2) is 18.2 Å². The molecule has 0 unspecified atom stereocenters. The lowest BCUT2D eigenvalue weighted by Crippen LogP contribution is -2.19. The zero-order valence-corrected chi connectivity index (χ0v) is 9.76. The molecule has 1 rings (SSSR count). The second-order valence-electron chi connectivity index (χ2n) is 3.38. The first kappa shape index (κ1) is 15.3. The standard InChI is InChI=1S/C12H11F4NO2/c13-10-4-3-9(2-1-5-17)6-11(10)19-8-18-7-12(14,15)16/h3-4,6H,5,7-8,17H2. The summed E-state index contributed by atoms with van der Waals surface area (Å²) in [5.74, 6) is 4.26. The topological polar surface area (TPSA) is 44.5 Å². The monoisotopic (exact) mass is 277 g/mol. The van der Waals surface area contributed by atoms with Crippen molar-refractivity contribution >= 4 is 0 Å². The van der Waals surface area contributed by atoms with Crippen molar-refractivity contribution in [2.24, 2.45) is 5.73 Å². The average molecular weight is 277 g/mol. The molecule has 0 aliphatic carbocycles. The predicted molar refractivity (Wildman–Crippen MR) is 59.8 cm³/mol. The van der Waals surface area contributed by atoms with Gasteiger partial charge in [0.2, 0.25) is 0 Å². The molecular formula is C12H11F4NO2. The predicted octanol–water partition coefficient (Wildman–Crippen LogP) is 2.05. The van der Waals surface area contributed by atoms with Crippen LogP contribution >= 0.6 is 0 Å². The number of hydrogen-bond donors (Lipinski definition) is 1. The Morgan fingerprint density at radius 2 is 2.00 bits per heavy atom. The molecule has 2 N–H and O–H groups in total. The second-order valence-corrected chi connectivity index (χ2v) is 3.38. The summed E-state index contributed by atoms with van der Waals surface area (Å²) < 4.78 is 57.6. The fourth-order valence-electron chi connectivity index (χ4n) is 1.11. The van der Waals surface area contributed by atoms with E-state index in [0.29, 0.717) is 5.56 Å². The summed E-state index contributed by atoms with van der Waals surface area (Å²) in [5, 5.41) is 0. The molecule has 3 nitrogen and oxygen atoms in total. The van der Waals surface area contributed by atoms with Crippen molar-refractivity contribution < 1.29 is 27.0 Å². The van der Waals surface area contributed by atoms with E-state index in [0.717, 1.165) is 6.07 Å². The first-order valence-corrected chi connectivity index (χ1v) is 5.18. The van der Waals surface area contributed by atoms with Crippen molar-refractivity contribution in [1.82, 2.24) is 0 Å². The first-order valence-electron chi connectivity index (χ1n) is 5.18. The van der Waals surface area contributed by atoms with Crippen molar-refractivity contribution in [1.29, 1.82) is 0 Å². The molecular weight excluding hydrogens is 266 g/mol. The van der Waals surface area contributed by atoms with E-state index in [1.54, 1.807) is 0 Å². The molecule has 19 heavy (non-hydrogen) atoms. The van der Waals surface area contributed by atoms with E-state index in [2.05, 4.69) is 16.6 Å². The van der Waals surface area contributed by atoms with Crippen LogP contribution in [0.4, 0.5) is 17.6 Å². The highest BCUT2D eigenvalue weighted by Crippen LogP contribution is 2.19. The molecule has 0 fully saturated rings. The molecule has 0 aliphatic heterocycles. The molecule has 0 bridgehead atoms. The van der Waals surface area contributed by atoms with Gasteiger partial charge in [0.1, 0.15) is 6.61 Å². The zero-order valence-electron chi connectivity index (χ0n) is 9.76. The third-order valence-electron chi connectivity index (χ3n) is 1.83. The SMILES string of the molecule is NCC#Cc1ccc(F)c(OCOCC(F)(F)F)c1. The van der Waals surface area contributed by atoms with Crippen LogP contribution in [0.1, 0.15) is 5.56 Å². The third kappa shape index (κ3) is 6.08. The quantitative estimate of drug-likeness (QED) is 0.396. The van der Waals surface area contributed by atoms with Crippen LogP contribution in [0, 0.1) is 17.7 Å². The molecule has 0 heterocycles. The highest BCUT2D eigenvalue weighted by molar-refractivity contribution is 5.40. The van der Waals surface area contributed by atoms with Crippen LogP contribution in [0.3, 0.4) is 0 Å². The Labute approximate surface area is 107 Å². The number of benzene rings is 1. The van der Waals surface area contributed by atoms with Gasteiger partial charge in [0.05, 0.1) is 6.54 Å². The normalized spacial score (nSPS) is 10.8. The lowest BCUT2D eigenvalue weighted by Gasteiger charge is -2.10. The molecule has 0 radical (unpaired) electrons. The highest BCUT2D eigenvalue weighted by atomic mass is 19.4. The van der Waals surface area contributed by atoms with Gasteiger partial charge in [-0.1, -0.05) is 11.8 Å². The van der Waals surface area contributed by atoms with Crippen LogP contribution in [0.25, 0.3) is 0 Å². The molecule has 0 aliphatic rings. The van der Waals surface area contributed by atoms with Crippen LogP contribution in [-0.4, -0.2) is 26.1 Å². The maximum Gasteiger partial charge on any atom is 0.411 e. The molecule has 104 valence electrons. The lowest BCUT2D eigenvalue weighted by atomic mass is 10.2. The number of rotatable bonds is 4. The van der Waals surface area contributed by atoms with Gasteiger partial charge in [0, 0.05) is 5.56 Å². The van der Waals surface area contributed by atoms with Crippen LogP contribution in [0.5, 0.6) is 5.75 Å². The average Bonchev–Trinajstić information content (AvgIpc) is 2.33. The molecule has 0 spiro atoms. The summed E-state index contributed by atoms with van der Waals surface area (Å²) in [5.41, 5.74) is 5.62. The minimum absolute atomic E-state index is 0.141. The van der Waals surface area contributed by atoms with Crippen molar-refractivity contribution in [3.05, 3.63) is 29.6 Å². The van der Waals surface area contributed by atoms with Gasteiger partial charge in [0.15, 0.2) is 18.4 Å². The number of alkyl halides is 3. The second kappa shape index (κ2) is 6.97. The van der Waals surface area contributed by atoms with Gasteiger partial charge in [-0.05, 0) is 18.2 Å². The Hall–Kier alpha value is -1.78. The van der Waals surface area contributed by atoms with E-state index >= 15 is 0 Å². The van der Waals surface area contributed by atoms with Crippen LogP contribution in [0.2, 0.25) is 0 Å². The minimum atomic E-state index is -4.45. The largest absolute Gasteiger partial charge is 0.464 e. The summed E-state index contributed by atoms with van der Waals surface area (Å²) in [6.07, 6.45) is -4.45. The van der Waals surface area contributed by atoms with Crippen LogP contribution < -0.4 is 10.5 Å². The highest BCUT2D eigenvalue weighted by Gasteiger charge is 2.27. The molecule has 0 saturated carbocycles. The summed E-state index contributed by atoms with van der Waals surface area (Å²) in [6, 6.07) is 3.76. The van der Waals surface area contributed by atoms with E-state index in [1.165, 1.54) is 12.1 Å². The van der Waals surface area contributed by atoms with E-state index in [1.807, 2.05) is 0 Å². The number of nitrogens with two attached hydrogens (primary N) is 1. The van der Waals surface area contributed by atoms with Crippen molar-refractivity contribution in [2.75, 3.05) is 19.9 Å². The van der Waals surface area contributed by atoms with Crippen molar-refractivity contribution in [2.45, 2.75) is 6.18 Å². The number of hydrogen-bond acceptors (Lipinski definition) is 3. The number of ether oxygens (including phenoxy) is 2. The smallest absolute Gasteiger partial charge is 0.411 e. The van der Waals surface area contributed by atoms with E-state index < -0.39 is 25.4 Å². The van der Waals surface area contributed by atoms with Gasteiger partial charge >= 0.3 is 6.18 Å². The molecule has 0 atom stereocenters. The summed E-state index contributed by atoms with van der Waals surface area (Å²) in [7, 11) is 0. The van der Waals surface area contributed by atoms with Gasteiger partial charge < -0.3 is 15.2 Å². The van der Waals surface area contributed by atoms with Gasteiger partial charge in [-0.15, -0.1) is 0 Å². The third-order valence-corrected chi connectivity index (χ3v) is 1.83. The molecule has 0 amide bonds. The van der Waals surface area contributed by atoms with E-state index in [9.17, 15) is 17.6 Å². The van der Waals surface area contributed by atoms with Gasteiger partial charge in [-0.25, -0.2) is 4.39 Å². The Morgan fingerprint density at radius 1 is 1.26 bits per heavy atom. The van der Waals surface area contributed by atoms with Gasteiger partial charge in [0.25, 0.3) is 0 Å². The van der Waals surface area contributed by atoms with E-state index in [-0.39, 0.29) is 12.3 Å². The molecule has 7 heteroatoms. The molecule has 0 saturated heterocycles. The summed E-state index contributed by atoms with van der Waals surface area (Å²) in [4.78, 5) is 0. The maximum atomic E-state index is 13.3. The lowest BCUT2D eigenvalue weighted by molar-refractivity contribution is -0.187. The minimum Gasteiger partial charge on any atom is -0.464 e. The van der Waals surface area contributed by atoms with Crippen LogP contribution in [-0.2, 0) is 4.74 Å². The Bertz CT molecular complexity index is 477. The van der Waals surface area contributed by atoms with Gasteiger partial charge in [-0.3, -0.25) is 0 Å². The van der Waals surface area contributed by atoms with Gasteiger partial charge in [-0.2, -0.15) is 13.2 Å². The number of halogens is 4. The summed E-state index contributed by atoms with van der Waals surface area (Å²) >= 11 is 0. The molecule has 1 aromatic carbocycles. The Morgan fingerprint density at radius 3 is 2.63 bits per heavy atom.